The normalized spacial score (nSPS) is 35.6. The largest absolute Gasteiger partial charge is 0.345 e. The van der Waals surface area contributed by atoms with Gasteiger partial charge in [0.05, 0.1) is 0 Å². The number of rotatable bonds is 0. The van der Waals surface area contributed by atoms with Crippen molar-refractivity contribution < 1.29 is 13.9 Å². The van der Waals surface area contributed by atoms with Gasteiger partial charge in [0.25, 0.3) is 0 Å². The molecule has 3 heteroatoms. The summed E-state index contributed by atoms with van der Waals surface area (Å²) in [6, 6.07) is 0. The van der Waals surface area contributed by atoms with Crippen LogP contribution in [0.1, 0.15) is 13.8 Å². The summed E-state index contributed by atoms with van der Waals surface area (Å²) in [7, 11) is 0. The van der Waals surface area contributed by atoms with Gasteiger partial charge < -0.3 is 9.47 Å². The second-order valence-electron chi connectivity index (χ2n) is 2.24. The molecule has 0 bridgehead atoms. The number of hydrogen-bond donors (Lipinski definition) is 0. The minimum atomic E-state index is -1.23. The van der Waals surface area contributed by atoms with Gasteiger partial charge in [0.1, 0.15) is 6.61 Å². The molecule has 1 fully saturated rings. The molecule has 1 heterocycles. The molecule has 1 atom stereocenters. The summed E-state index contributed by atoms with van der Waals surface area (Å²) in [5.74, 6) is -0.709. The van der Waals surface area contributed by atoms with Crippen molar-refractivity contribution in [1.29, 1.82) is 0 Å². The van der Waals surface area contributed by atoms with Crippen molar-refractivity contribution in [3.05, 3.63) is 0 Å². The average molecular weight is 120 g/mol. The molecular weight excluding hydrogens is 111 g/mol. The molecule has 0 aromatic rings. The Morgan fingerprint density at radius 2 is 2.25 bits per heavy atom. The second-order valence-corrected chi connectivity index (χ2v) is 2.24. The molecule has 0 spiro atoms. The minimum absolute atomic E-state index is 0.0625. The van der Waals surface area contributed by atoms with Crippen LogP contribution >= 0.6 is 0 Å². The third kappa shape index (κ3) is 1.17. The fourth-order valence-corrected chi connectivity index (χ4v) is 0.642. The molecule has 0 saturated carbocycles. The van der Waals surface area contributed by atoms with E-state index in [1.54, 1.807) is 13.8 Å². The van der Waals surface area contributed by atoms with Gasteiger partial charge in [0, 0.05) is 0 Å². The first-order valence-electron chi connectivity index (χ1n) is 2.56. The SMILES string of the molecule is CC1(C)OCC(F)O1. The molecule has 0 aliphatic carbocycles. The molecule has 0 aromatic carbocycles. The van der Waals surface area contributed by atoms with Crippen molar-refractivity contribution in [3.63, 3.8) is 0 Å². The Balaban J connectivity index is 2.44. The summed E-state index contributed by atoms with van der Waals surface area (Å²) >= 11 is 0. The molecule has 0 aromatic heterocycles. The average Bonchev–Trinajstić information content (AvgIpc) is 1.82. The first-order valence-corrected chi connectivity index (χ1v) is 2.56. The van der Waals surface area contributed by atoms with Crippen LogP contribution in [0.3, 0.4) is 0 Å². The van der Waals surface area contributed by atoms with Gasteiger partial charge in [-0.1, -0.05) is 0 Å². The van der Waals surface area contributed by atoms with E-state index in [0.29, 0.717) is 0 Å². The maximum Gasteiger partial charge on any atom is 0.225 e. The molecule has 0 amide bonds. The Hall–Kier alpha value is -0.150. The first kappa shape index (κ1) is 5.98. The summed E-state index contributed by atoms with van der Waals surface area (Å²) in [6.45, 7) is 3.44. The van der Waals surface area contributed by atoms with E-state index in [1.807, 2.05) is 0 Å². The summed E-state index contributed by atoms with van der Waals surface area (Å²) in [5, 5.41) is 0. The van der Waals surface area contributed by atoms with Crippen molar-refractivity contribution >= 4 is 0 Å². The van der Waals surface area contributed by atoms with Crippen molar-refractivity contribution in [3.8, 4) is 0 Å². The van der Waals surface area contributed by atoms with Crippen LogP contribution in [0.2, 0.25) is 0 Å². The van der Waals surface area contributed by atoms with E-state index < -0.39 is 12.1 Å². The summed E-state index contributed by atoms with van der Waals surface area (Å²) in [5.41, 5.74) is 0. The van der Waals surface area contributed by atoms with E-state index in [9.17, 15) is 4.39 Å². The minimum Gasteiger partial charge on any atom is -0.345 e. The van der Waals surface area contributed by atoms with Gasteiger partial charge in [-0.25, -0.2) is 4.39 Å². The fraction of sp³-hybridized carbons (Fsp3) is 1.00. The number of alkyl halides is 1. The Kier molecular flexibility index (Phi) is 1.25. The Morgan fingerprint density at radius 1 is 1.62 bits per heavy atom. The van der Waals surface area contributed by atoms with Gasteiger partial charge in [0.15, 0.2) is 5.79 Å². The van der Waals surface area contributed by atoms with Crippen LogP contribution in [0, 0.1) is 0 Å². The van der Waals surface area contributed by atoms with Gasteiger partial charge in [0.2, 0.25) is 6.36 Å². The highest BCUT2D eigenvalue weighted by molar-refractivity contribution is 4.62. The third-order valence-electron chi connectivity index (χ3n) is 0.974. The van der Waals surface area contributed by atoms with E-state index in [4.69, 9.17) is 4.74 Å². The zero-order valence-electron chi connectivity index (χ0n) is 4.98. The van der Waals surface area contributed by atoms with Crippen molar-refractivity contribution in [2.45, 2.75) is 26.0 Å². The number of hydrogen-bond acceptors (Lipinski definition) is 2. The molecule has 0 radical (unpaired) electrons. The molecule has 1 aliphatic heterocycles. The lowest BCUT2D eigenvalue weighted by atomic mass is 10.4. The second kappa shape index (κ2) is 1.67. The standard InChI is InChI=1S/C5H9FO2/c1-5(2)7-3-4(6)8-5/h4H,3H2,1-2H3. The third-order valence-corrected chi connectivity index (χ3v) is 0.974. The van der Waals surface area contributed by atoms with Crippen molar-refractivity contribution in [2.24, 2.45) is 0 Å². The van der Waals surface area contributed by atoms with Crippen LogP contribution in [0.5, 0.6) is 0 Å². The fourth-order valence-electron chi connectivity index (χ4n) is 0.642. The van der Waals surface area contributed by atoms with Gasteiger partial charge in [-0.05, 0) is 13.8 Å². The molecular formula is C5H9FO2. The Labute approximate surface area is 47.6 Å². The van der Waals surface area contributed by atoms with Gasteiger partial charge in [-0.2, -0.15) is 0 Å². The number of ether oxygens (including phenoxy) is 2. The van der Waals surface area contributed by atoms with Crippen LogP contribution in [-0.2, 0) is 9.47 Å². The van der Waals surface area contributed by atoms with Crippen LogP contribution in [0.4, 0.5) is 4.39 Å². The summed E-state index contributed by atoms with van der Waals surface area (Å²) < 4.78 is 21.6. The molecule has 48 valence electrons. The molecule has 1 saturated heterocycles. The first-order chi connectivity index (χ1) is 3.60. The predicted octanol–water partition coefficient (Wildman–Crippen LogP) is 1.06. The Morgan fingerprint density at radius 3 is 2.38 bits per heavy atom. The van der Waals surface area contributed by atoms with E-state index in [2.05, 4.69) is 4.74 Å². The van der Waals surface area contributed by atoms with Gasteiger partial charge in [-0.15, -0.1) is 0 Å². The van der Waals surface area contributed by atoms with Crippen LogP contribution in [0.15, 0.2) is 0 Å². The topological polar surface area (TPSA) is 18.5 Å². The maximum absolute atomic E-state index is 12.1. The lowest BCUT2D eigenvalue weighted by molar-refractivity contribution is -0.156. The smallest absolute Gasteiger partial charge is 0.225 e. The maximum atomic E-state index is 12.1. The molecule has 1 rings (SSSR count). The molecule has 1 aliphatic rings. The molecule has 1 unspecified atom stereocenters. The summed E-state index contributed by atoms with van der Waals surface area (Å²) in [4.78, 5) is 0. The van der Waals surface area contributed by atoms with Crippen LogP contribution in [0.25, 0.3) is 0 Å². The number of halogens is 1. The van der Waals surface area contributed by atoms with E-state index >= 15 is 0 Å². The zero-order valence-corrected chi connectivity index (χ0v) is 4.98. The monoisotopic (exact) mass is 120 g/mol. The zero-order chi connectivity index (χ0) is 6.20. The quantitative estimate of drug-likeness (QED) is 0.476. The Bertz CT molecular complexity index is 92.4. The molecule has 8 heavy (non-hydrogen) atoms. The van der Waals surface area contributed by atoms with Crippen molar-refractivity contribution in [1.82, 2.24) is 0 Å². The highest BCUT2D eigenvalue weighted by atomic mass is 19.1. The highest BCUT2D eigenvalue weighted by Crippen LogP contribution is 2.22. The van der Waals surface area contributed by atoms with Crippen LogP contribution < -0.4 is 0 Å². The summed E-state index contributed by atoms with van der Waals surface area (Å²) in [6.07, 6.45) is -1.23. The van der Waals surface area contributed by atoms with Gasteiger partial charge >= 0.3 is 0 Å². The highest BCUT2D eigenvalue weighted by Gasteiger charge is 2.32. The van der Waals surface area contributed by atoms with E-state index in [0.717, 1.165) is 0 Å². The lowest BCUT2D eigenvalue weighted by Gasteiger charge is -2.13. The predicted molar refractivity (Wildman–Crippen MR) is 26.0 cm³/mol. The van der Waals surface area contributed by atoms with Crippen molar-refractivity contribution in [2.75, 3.05) is 6.61 Å². The lowest BCUT2D eigenvalue weighted by Crippen LogP contribution is -2.20. The molecule has 2 nitrogen and oxygen atoms in total. The van der Waals surface area contributed by atoms with E-state index in [1.165, 1.54) is 0 Å². The van der Waals surface area contributed by atoms with Gasteiger partial charge in [-0.3, -0.25) is 0 Å². The molecule has 0 N–H and O–H groups in total. The van der Waals surface area contributed by atoms with E-state index in [-0.39, 0.29) is 6.61 Å². The van der Waals surface area contributed by atoms with Crippen LogP contribution in [-0.4, -0.2) is 18.8 Å².